The van der Waals surface area contributed by atoms with Gasteiger partial charge in [-0.3, -0.25) is 14.9 Å². The molecule has 12 heteroatoms. The maximum absolute atomic E-state index is 13.3. The lowest BCUT2D eigenvalue weighted by atomic mass is 10.00. The molecular weight excluding hydrogens is 572 g/mol. The maximum Gasteiger partial charge on any atom is 0.411 e. The molecule has 1 unspecified atom stereocenters. The van der Waals surface area contributed by atoms with Gasteiger partial charge in [-0.05, 0) is 79.9 Å². The second-order valence-electron chi connectivity index (χ2n) is 10.0. The summed E-state index contributed by atoms with van der Waals surface area (Å²) in [6.45, 7) is 2.04. The highest BCUT2D eigenvalue weighted by Crippen LogP contribution is 2.28. The summed E-state index contributed by atoms with van der Waals surface area (Å²) in [6.07, 6.45) is 2.07. The molecule has 0 aliphatic carbocycles. The zero-order valence-electron chi connectivity index (χ0n) is 23.6. The molecule has 2 amide bonds. The van der Waals surface area contributed by atoms with Crippen molar-refractivity contribution in [2.75, 3.05) is 30.5 Å². The SMILES string of the molecule is COC(=O)Nc1ccc(S(=O)(=O)N2CCCC(C(=O)Oc3ccc(C=C4C(=O)N(c5ccccc5)N=C4C)cc3)C2)cc1. The van der Waals surface area contributed by atoms with Crippen LogP contribution in [0.15, 0.2) is 94.4 Å². The molecular formula is C31H30N4O7S. The van der Waals surface area contributed by atoms with Gasteiger partial charge in [0.25, 0.3) is 5.91 Å². The van der Waals surface area contributed by atoms with Gasteiger partial charge in [0.15, 0.2) is 0 Å². The molecule has 3 aromatic rings. The van der Waals surface area contributed by atoms with Crippen molar-refractivity contribution in [2.45, 2.75) is 24.7 Å². The summed E-state index contributed by atoms with van der Waals surface area (Å²) < 4.78 is 37.9. The van der Waals surface area contributed by atoms with E-state index in [0.717, 1.165) is 5.56 Å². The highest BCUT2D eigenvalue weighted by atomic mass is 32.2. The van der Waals surface area contributed by atoms with Crippen LogP contribution in [0, 0.1) is 5.92 Å². The lowest BCUT2D eigenvalue weighted by molar-refractivity contribution is -0.140. The minimum atomic E-state index is -3.87. The Morgan fingerprint density at radius 3 is 2.37 bits per heavy atom. The zero-order chi connectivity index (χ0) is 30.6. The van der Waals surface area contributed by atoms with Crippen molar-refractivity contribution in [3.63, 3.8) is 0 Å². The van der Waals surface area contributed by atoms with Crippen molar-refractivity contribution in [3.8, 4) is 5.75 Å². The zero-order valence-corrected chi connectivity index (χ0v) is 24.4. The van der Waals surface area contributed by atoms with E-state index in [0.29, 0.717) is 41.3 Å². The Balaban J connectivity index is 1.21. The monoisotopic (exact) mass is 602 g/mol. The van der Waals surface area contributed by atoms with Gasteiger partial charge in [-0.15, -0.1) is 0 Å². The van der Waals surface area contributed by atoms with Crippen LogP contribution >= 0.6 is 0 Å². The number of nitrogens with zero attached hydrogens (tertiary/aromatic N) is 3. The highest BCUT2D eigenvalue weighted by Gasteiger charge is 2.34. The van der Waals surface area contributed by atoms with E-state index in [2.05, 4.69) is 15.2 Å². The normalized spacial score (nSPS) is 18.3. The number of benzene rings is 3. The fraction of sp³-hybridized carbons (Fsp3) is 0.226. The van der Waals surface area contributed by atoms with E-state index in [1.165, 1.54) is 40.7 Å². The molecule has 1 fully saturated rings. The number of hydrogen-bond acceptors (Lipinski definition) is 8. The van der Waals surface area contributed by atoms with Crippen molar-refractivity contribution >= 4 is 51.2 Å². The largest absolute Gasteiger partial charge is 0.453 e. The predicted molar refractivity (Wildman–Crippen MR) is 161 cm³/mol. The number of rotatable bonds is 7. The van der Waals surface area contributed by atoms with Crippen LogP contribution in [-0.4, -0.2) is 56.6 Å². The molecule has 0 aromatic heterocycles. The Kier molecular flexibility index (Phi) is 8.69. The Morgan fingerprint density at radius 2 is 1.70 bits per heavy atom. The first-order valence-corrected chi connectivity index (χ1v) is 15.0. The molecule has 0 saturated carbocycles. The van der Waals surface area contributed by atoms with E-state index in [4.69, 9.17) is 4.74 Å². The fourth-order valence-electron chi connectivity index (χ4n) is 4.81. The molecule has 222 valence electrons. The summed E-state index contributed by atoms with van der Waals surface area (Å²) in [6, 6.07) is 21.6. The number of amides is 2. The molecule has 2 heterocycles. The molecule has 43 heavy (non-hydrogen) atoms. The van der Waals surface area contributed by atoms with Gasteiger partial charge in [-0.2, -0.15) is 14.4 Å². The number of hydrazone groups is 1. The summed E-state index contributed by atoms with van der Waals surface area (Å²) in [5, 5.41) is 8.22. The second kappa shape index (κ2) is 12.6. The number of nitrogens with one attached hydrogen (secondary N) is 1. The van der Waals surface area contributed by atoms with Crippen LogP contribution in [0.4, 0.5) is 16.2 Å². The number of sulfonamides is 1. The smallest absolute Gasteiger partial charge is 0.411 e. The number of ether oxygens (including phenoxy) is 2. The second-order valence-corrected chi connectivity index (χ2v) is 12.0. The van der Waals surface area contributed by atoms with Gasteiger partial charge in [-0.1, -0.05) is 30.3 Å². The van der Waals surface area contributed by atoms with Crippen LogP contribution in [-0.2, 0) is 24.3 Å². The van der Waals surface area contributed by atoms with E-state index < -0.39 is 28.0 Å². The maximum atomic E-state index is 13.3. The van der Waals surface area contributed by atoms with Crippen molar-refractivity contribution in [3.05, 3.63) is 90.0 Å². The van der Waals surface area contributed by atoms with Gasteiger partial charge in [-0.25, -0.2) is 13.2 Å². The number of esters is 1. The molecule has 3 aromatic carbocycles. The molecule has 1 atom stereocenters. The molecule has 1 saturated heterocycles. The third kappa shape index (κ3) is 6.65. The average Bonchev–Trinajstić information content (AvgIpc) is 3.31. The number of anilines is 2. The quantitative estimate of drug-likeness (QED) is 0.236. The molecule has 0 bridgehead atoms. The number of para-hydroxylation sites is 1. The average molecular weight is 603 g/mol. The minimum Gasteiger partial charge on any atom is -0.453 e. The molecule has 0 spiro atoms. The summed E-state index contributed by atoms with van der Waals surface area (Å²) in [7, 11) is -2.63. The van der Waals surface area contributed by atoms with Crippen molar-refractivity contribution < 1.29 is 32.3 Å². The summed E-state index contributed by atoms with van der Waals surface area (Å²) in [5.74, 6) is -1.07. The van der Waals surface area contributed by atoms with Crippen LogP contribution in [0.5, 0.6) is 5.75 Å². The first kappa shape index (κ1) is 29.7. The predicted octanol–water partition coefficient (Wildman–Crippen LogP) is 4.68. The van der Waals surface area contributed by atoms with Gasteiger partial charge in [0, 0.05) is 18.8 Å². The van der Waals surface area contributed by atoms with Crippen LogP contribution in [0.25, 0.3) is 6.08 Å². The topological polar surface area (TPSA) is 135 Å². The summed E-state index contributed by atoms with van der Waals surface area (Å²) >= 11 is 0. The van der Waals surface area contributed by atoms with E-state index in [9.17, 15) is 22.8 Å². The lowest BCUT2D eigenvalue weighted by Gasteiger charge is -2.30. The van der Waals surface area contributed by atoms with E-state index in [-0.39, 0.29) is 23.9 Å². The number of carbonyl (C=O) groups excluding carboxylic acids is 3. The Morgan fingerprint density at radius 1 is 1.00 bits per heavy atom. The number of carbonyl (C=O) groups is 3. The Bertz CT molecular complexity index is 1690. The summed E-state index contributed by atoms with van der Waals surface area (Å²) in [5.41, 5.74) is 2.86. The minimum absolute atomic E-state index is 0.00779. The van der Waals surface area contributed by atoms with Crippen LogP contribution in [0.1, 0.15) is 25.3 Å². The van der Waals surface area contributed by atoms with Crippen molar-refractivity contribution in [1.82, 2.24) is 4.31 Å². The molecule has 11 nitrogen and oxygen atoms in total. The van der Waals surface area contributed by atoms with Gasteiger partial charge in [0.05, 0.1) is 34.9 Å². The molecule has 5 rings (SSSR count). The van der Waals surface area contributed by atoms with Crippen LogP contribution < -0.4 is 15.1 Å². The number of methoxy groups -OCH3 is 1. The Hall–Kier alpha value is -4.81. The number of hydrogen-bond donors (Lipinski definition) is 1. The summed E-state index contributed by atoms with van der Waals surface area (Å²) in [4.78, 5) is 37.4. The van der Waals surface area contributed by atoms with Gasteiger partial charge < -0.3 is 9.47 Å². The highest BCUT2D eigenvalue weighted by molar-refractivity contribution is 7.89. The molecule has 2 aliphatic rings. The van der Waals surface area contributed by atoms with E-state index in [1.807, 2.05) is 30.3 Å². The van der Waals surface area contributed by atoms with Gasteiger partial charge >= 0.3 is 12.1 Å². The van der Waals surface area contributed by atoms with Crippen LogP contribution in [0.3, 0.4) is 0 Å². The van der Waals surface area contributed by atoms with Crippen LogP contribution in [0.2, 0.25) is 0 Å². The van der Waals surface area contributed by atoms with E-state index in [1.54, 1.807) is 37.3 Å². The first-order valence-electron chi connectivity index (χ1n) is 13.6. The first-order chi connectivity index (χ1) is 20.7. The standard InChI is InChI=1S/C31H30N4O7S/c1-21-28(29(36)35(33-21)25-8-4-3-5-9-25)19-22-10-14-26(15-11-22)42-30(37)23-7-6-18-34(20-23)43(39,40)27-16-12-24(13-17-27)32-31(38)41-2/h3-5,8-17,19,23H,6-7,18,20H2,1-2H3,(H,32,38). The third-order valence-corrected chi connectivity index (χ3v) is 8.99. The molecule has 0 radical (unpaired) electrons. The lowest BCUT2D eigenvalue weighted by Crippen LogP contribution is -2.43. The van der Waals surface area contributed by atoms with Crippen molar-refractivity contribution in [1.29, 1.82) is 0 Å². The third-order valence-electron chi connectivity index (χ3n) is 7.11. The fourth-order valence-corrected chi connectivity index (χ4v) is 6.33. The van der Waals surface area contributed by atoms with Crippen molar-refractivity contribution in [2.24, 2.45) is 11.0 Å². The molecule has 2 aliphatic heterocycles. The van der Waals surface area contributed by atoms with Gasteiger partial charge in [0.2, 0.25) is 10.0 Å². The number of piperidine rings is 1. The Labute approximate surface area is 249 Å². The molecule has 1 N–H and O–H groups in total. The van der Waals surface area contributed by atoms with E-state index >= 15 is 0 Å². The van der Waals surface area contributed by atoms with Gasteiger partial charge in [0.1, 0.15) is 5.75 Å².